The number of carbonyl (C=O) groups is 2. The second-order valence-corrected chi connectivity index (χ2v) is 8.17. The van der Waals surface area contributed by atoms with Crippen LogP contribution in [0.3, 0.4) is 0 Å². The van der Waals surface area contributed by atoms with Crippen LogP contribution in [0.15, 0.2) is 9.95 Å². The van der Waals surface area contributed by atoms with Crippen molar-refractivity contribution in [1.29, 1.82) is 0 Å². The van der Waals surface area contributed by atoms with Gasteiger partial charge in [-0.2, -0.15) is 0 Å². The summed E-state index contributed by atoms with van der Waals surface area (Å²) in [5.74, 6) is -0.914. The molecule has 134 valence electrons. The van der Waals surface area contributed by atoms with E-state index in [2.05, 4.69) is 4.98 Å². The van der Waals surface area contributed by atoms with Gasteiger partial charge < -0.3 is 4.74 Å². The Morgan fingerprint density at radius 1 is 1.36 bits per heavy atom. The maximum Gasteiger partial charge on any atom is 0.327 e. The van der Waals surface area contributed by atoms with Crippen LogP contribution >= 0.6 is 23.1 Å². The summed E-state index contributed by atoms with van der Waals surface area (Å²) >= 11 is 2.53. The largest absolute Gasteiger partial charge is 0.465 e. The average molecular weight is 380 g/mol. The summed E-state index contributed by atoms with van der Waals surface area (Å²) in [6.45, 7) is 3.23. The molecule has 0 saturated heterocycles. The van der Waals surface area contributed by atoms with Crippen LogP contribution < -0.4 is 5.56 Å². The molecule has 0 N–H and O–H groups in total. The van der Waals surface area contributed by atoms with Gasteiger partial charge in [-0.1, -0.05) is 11.8 Å². The topological polar surface area (TPSA) is 78.3 Å². The number of hydrogen-bond acceptors (Lipinski definition) is 7. The number of thioether (sulfide) groups is 1. The highest BCUT2D eigenvalue weighted by Gasteiger charge is 2.29. The number of carbonyl (C=O) groups excluding carboxylic acids is 2. The van der Waals surface area contributed by atoms with E-state index in [1.54, 1.807) is 25.3 Å². The lowest BCUT2D eigenvalue weighted by Crippen LogP contribution is -2.29. The van der Waals surface area contributed by atoms with E-state index in [0.29, 0.717) is 15.4 Å². The molecule has 1 aliphatic carbocycles. The first kappa shape index (κ1) is 18.1. The molecule has 25 heavy (non-hydrogen) atoms. The monoisotopic (exact) mass is 380 g/mol. The van der Waals surface area contributed by atoms with Crippen LogP contribution in [0.4, 0.5) is 0 Å². The number of aromatic nitrogens is 2. The van der Waals surface area contributed by atoms with Gasteiger partial charge in [-0.15, -0.1) is 11.3 Å². The molecule has 2 aromatic rings. The fourth-order valence-electron chi connectivity index (χ4n) is 2.99. The van der Waals surface area contributed by atoms with Gasteiger partial charge in [0, 0.05) is 11.9 Å². The average Bonchev–Trinajstić information content (AvgIpc) is 2.94. The van der Waals surface area contributed by atoms with Crippen molar-refractivity contribution in [3.05, 3.63) is 20.8 Å². The first-order valence-corrected chi connectivity index (χ1v) is 9.98. The van der Waals surface area contributed by atoms with Crippen molar-refractivity contribution in [1.82, 2.24) is 9.55 Å². The SMILES string of the molecule is CCOC(=O)[C@@H](Sc1nc2sc3c(c2c(=O)n1C)CCCC3)C(C)=O. The van der Waals surface area contributed by atoms with Crippen LogP contribution in [0, 0.1) is 0 Å². The third-order valence-corrected chi connectivity index (χ3v) is 6.77. The van der Waals surface area contributed by atoms with E-state index >= 15 is 0 Å². The third-order valence-electron chi connectivity index (χ3n) is 4.25. The number of thiophene rings is 1. The molecule has 2 aromatic heterocycles. The Balaban J connectivity index is 2.05. The predicted molar refractivity (Wildman–Crippen MR) is 98.5 cm³/mol. The molecule has 6 nitrogen and oxygen atoms in total. The van der Waals surface area contributed by atoms with E-state index in [4.69, 9.17) is 4.74 Å². The summed E-state index contributed by atoms with van der Waals surface area (Å²) < 4.78 is 6.40. The number of esters is 1. The second-order valence-electron chi connectivity index (χ2n) is 6.01. The third kappa shape index (κ3) is 3.37. The molecule has 0 unspecified atom stereocenters. The summed E-state index contributed by atoms with van der Waals surface area (Å²) in [5, 5.41) is 0.0523. The highest BCUT2D eigenvalue weighted by Crippen LogP contribution is 2.35. The van der Waals surface area contributed by atoms with E-state index in [1.165, 1.54) is 16.4 Å². The Bertz CT molecular complexity index is 900. The molecule has 3 rings (SSSR count). The Hall–Kier alpha value is -1.67. The van der Waals surface area contributed by atoms with Crippen molar-refractivity contribution in [3.63, 3.8) is 0 Å². The van der Waals surface area contributed by atoms with Crippen LogP contribution in [-0.2, 0) is 34.2 Å². The second kappa shape index (κ2) is 7.29. The number of Topliss-reactive ketones (excluding diaryl/α,β-unsaturated/α-hetero) is 1. The molecule has 0 aliphatic heterocycles. The molecule has 8 heteroatoms. The Kier molecular flexibility index (Phi) is 5.29. The predicted octanol–water partition coefficient (Wildman–Crippen LogP) is 2.49. The molecular formula is C17H20N2O4S2. The van der Waals surface area contributed by atoms with Crippen LogP contribution in [-0.4, -0.2) is 33.2 Å². The number of rotatable bonds is 5. The van der Waals surface area contributed by atoms with E-state index in [1.807, 2.05) is 0 Å². The quantitative estimate of drug-likeness (QED) is 0.343. The number of ketones is 1. The van der Waals surface area contributed by atoms with Crippen molar-refractivity contribution in [3.8, 4) is 0 Å². The van der Waals surface area contributed by atoms with Gasteiger partial charge in [0.15, 0.2) is 16.2 Å². The minimum Gasteiger partial charge on any atom is -0.465 e. The summed E-state index contributed by atoms with van der Waals surface area (Å²) in [6.07, 6.45) is 4.13. The van der Waals surface area contributed by atoms with Crippen LogP contribution in [0.2, 0.25) is 0 Å². The van der Waals surface area contributed by atoms with Crippen LogP contribution in [0.25, 0.3) is 10.2 Å². The minimum absolute atomic E-state index is 0.113. The summed E-state index contributed by atoms with van der Waals surface area (Å²) in [4.78, 5) is 43.3. The van der Waals surface area contributed by atoms with Crippen molar-refractivity contribution in [2.75, 3.05) is 6.61 Å². The Labute approximate surface area is 153 Å². The molecule has 0 fully saturated rings. The smallest absolute Gasteiger partial charge is 0.327 e. The van der Waals surface area contributed by atoms with Gasteiger partial charge in [0.05, 0.1) is 12.0 Å². The first-order chi connectivity index (χ1) is 11.9. The van der Waals surface area contributed by atoms with Crippen molar-refractivity contribution in [2.45, 2.75) is 49.9 Å². The van der Waals surface area contributed by atoms with E-state index in [-0.39, 0.29) is 17.9 Å². The number of hydrogen-bond donors (Lipinski definition) is 0. The number of aryl methyl sites for hydroxylation is 2. The number of fused-ring (bicyclic) bond motifs is 3. The maximum atomic E-state index is 12.8. The lowest BCUT2D eigenvalue weighted by Gasteiger charge is -2.14. The maximum absolute atomic E-state index is 12.8. The molecular weight excluding hydrogens is 360 g/mol. The molecule has 1 atom stereocenters. The van der Waals surface area contributed by atoms with Gasteiger partial charge in [-0.05, 0) is 45.1 Å². The van der Waals surface area contributed by atoms with Crippen molar-refractivity contribution >= 4 is 45.1 Å². The van der Waals surface area contributed by atoms with E-state index in [0.717, 1.165) is 43.0 Å². The fourth-order valence-corrected chi connectivity index (χ4v) is 5.23. The summed E-state index contributed by atoms with van der Waals surface area (Å²) in [6, 6.07) is 0. The van der Waals surface area contributed by atoms with Gasteiger partial charge in [-0.3, -0.25) is 19.0 Å². The highest BCUT2D eigenvalue weighted by molar-refractivity contribution is 8.01. The fraction of sp³-hybridized carbons (Fsp3) is 0.529. The zero-order chi connectivity index (χ0) is 18.1. The van der Waals surface area contributed by atoms with E-state index in [9.17, 15) is 14.4 Å². The molecule has 0 saturated carbocycles. The standard InChI is InChI=1S/C17H20N2O4S2/c1-4-23-16(22)13(9(2)20)25-17-18-14-12(15(21)19(17)3)10-7-5-6-8-11(10)24-14/h13H,4-8H2,1-3H3/t13-/m0/s1. The Morgan fingerprint density at radius 3 is 2.76 bits per heavy atom. The summed E-state index contributed by atoms with van der Waals surface area (Å²) in [7, 11) is 1.63. The molecule has 0 bridgehead atoms. The number of nitrogens with zero attached hydrogens (tertiary/aromatic N) is 2. The zero-order valence-electron chi connectivity index (χ0n) is 14.5. The normalized spacial score (nSPS) is 15.0. The zero-order valence-corrected chi connectivity index (χ0v) is 16.1. The lowest BCUT2D eigenvalue weighted by atomic mass is 9.97. The van der Waals surface area contributed by atoms with Gasteiger partial charge in [0.25, 0.3) is 5.56 Å². The van der Waals surface area contributed by atoms with Crippen molar-refractivity contribution in [2.24, 2.45) is 7.05 Å². The van der Waals surface area contributed by atoms with Gasteiger partial charge >= 0.3 is 5.97 Å². The molecule has 0 amide bonds. The number of ether oxygens (including phenoxy) is 1. The lowest BCUT2D eigenvalue weighted by molar-refractivity contribution is -0.144. The molecule has 0 radical (unpaired) electrons. The molecule has 0 aromatic carbocycles. The Morgan fingerprint density at radius 2 is 2.08 bits per heavy atom. The summed E-state index contributed by atoms with van der Waals surface area (Å²) in [5.41, 5.74) is 1.02. The molecule has 0 spiro atoms. The first-order valence-electron chi connectivity index (χ1n) is 8.29. The minimum atomic E-state index is -1.01. The van der Waals surface area contributed by atoms with Gasteiger partial charge in [0.1, 0.15) is 4.83 Å². The highest BCUT2D eigenvalue weighted by atomic mass is 32.2. The van der Waals surface area contributed by atoms with Gasteiger partial charge in [0.2, 0.25) is 0 Å². The molecule has 1 aliphatic rings. The van der Waals surface area contributed by atoms with Crippen LogP contribution in [0.5, 0.6) is 0 Å². The molecule has 2 heterocycles. The van der Waals surface area contributed by atoms with Gasteiger partial charge in [-0.25, -0.2) is 4.98 Å². The van der Waals surface area contributed by atoms with Crippen LogP contribution in [0.1, 0.15) is 37.1 Å². The van der Waals surface area contributed by atoms with Crippen molar-refractivity contribution < 1.29 is 14.3 Å². The van der Waals surface area contributed by atoms with E-state index < -0.39 is 11.2 Å².